The zero-order chi connectivity index (χ0) is 16.4. The fourth-order valence-electron chi connectivity index (χ4n) is 2.44. The SMILES string of the molecule is [O-][n+]1ccc(OCc2ccccc2)cc1-c1nc2ccccc2s1. The van der Waals surface area contributed by atoms with Crippen molar-refractivity contribution in [2.45, 2.75) is 6.61 Å². The molecule has 0 aliphatic carbocycles. The van der Waals surface area contributed by atoms with Gasteiger partial charge in [0.05, 0.1) is 16.3 Å². The molecule has 4 nitrogen and oxygen atoms in total. The molecular formula is C19H14N2O2S. The molecule has 0 saturated heterocycles. The summed E-state index contributed by atoms with van der Waals surface area (Å²) in [6.07, 6.45) is 1.46. The van der Waals surface area contributed by atoms with Crippen molar-refractivity contribution >= 4 is 21.6 Å². The molecule has 0 aliphatic heterocycles. The minimum Gasteiger partial charge on any atom is -0.618 e. The number of nitrogens with zero attached hydrogens (tertiary/aromatic N) is 2. The van der Waals surface area contributed by atoms with Gasteiger partial charge < -0.3 is 9.94 Å². The highest BCUT2D eigenvalue weighted by molar-refractivity contribution is 7.21. The number of benzene rings is 2. The van der Waals surface area contributed by atoms with E-state index in [0.29, 0.717) is 23.1 Å². The quantitative estimate of drug-likeness (QED) is 0.415. The van der Waals surface area contributed by atoms with Crippen molar-refractivity contribution in [2.24, 2.45) is 0 Å². The van der Waals surface area contributed by atoms with Gasteiger partial charge >= 0.3 is 0 Å². The first-order valence-electron chi connectivity index (χ1n) is 7.55. The second-order valence-corrected chi connectivity index (χ2v) is 6.37. The van der Waals surface area contributed by atoms with Crippen LogP contribution in [-0.4, -0.2) is 4.98 Å². The molecule has 4 rings (SSSR count). The summed E-state index contributed by atoms with van der Waals surface area (Å²) in [5.74, 6) is 0.653. The van der Waals surface area contributed by atoms with E-state index in [0.717, 1.165) is 20.5 Å². The van der Waals surface area contributed by atoms with Gasteiger partial charge in [0, 0.05) is 6.07 Å². The van der Waals surface area contributed by atoms with Crippen LogP contribution in [0.3, 0.4) is 0 Å². The normalized spacial score (nSPS) is 10.8. The van der Waals surface area contributed by atoms with Gasteiger partial charge in [-0.2, -0.15) is 4.73 Å². The van der Waals surface area contributed by atoms with Crippen molar-refractivity contribution in [1.29, 1.82) is 0 Å². The van der Waals surface area contributed by atoms with Gasteiger partial charge in [0.25, 0.3) is 5.69 Å². The van der Waals surface area contributed by atoms with E-state index >= 15 is 0 Å². The maximum atomic E-state index is 12.2. The number of ether oxygens (including phenoxy) is 1. The van der Waals surface area contributed by atoms with Crippen LogP contribution in [0.15, 0.2) is 72.9 Å². The summed E-state index contributed by atoms with van der Waals surface area (Å²) in [4.78, 5) is 4.55. The fraction of sp³-hybridized carbons (Fsp3) is 0.0526. The van der Waals surface area contributed by atoms with Crippen molar-refractivity contribution in [1.82, 2.24) is 4.98 Å². The molecule has 0 saturated carbocycles. The van der Waals surface area contributed by atoms with Crippen LogP contribution in [0.1, 0.15) is 5.56 Å². The maximum absolute atomic E-state index is 12.2. The summed E-state index contributed by atoms with van der Waals surface area (Å²) >= 11 is 1.50. The number of thiazole rings is 1. The van der Waals surface area contributed by atoms with E-state index in [1.54, 1.807) is 12.1 Å². The third-order valence-electron chi connectivity index (χ3n) is 3.65. The summed E-state index contributed by atoms with van der Waals surface area (Å²) in [5.41, 5.74) is 2.48. The van der Waals surface area contributed by atoms with Crippen molar-refractivity contribution in [3.05, 3.63) is 83.7 Å². The Hall–Kier alpha value is -2.92. The van der Waals surface area contributed by atoms with Gasteiger partial charge in [-0.1, -0.05) is 42.5 Å². The van der Waals surface area contributed by atoms with Gasteiger partial charge in [0.1, 0.15) is 12.4 Å². The summed E-state index contributed by atoms with van der Waals surface area (Å²) < 4.78 is 7.69. The van der Waals surface area contributed by atoms with E-state index in [2.05, 4.69) is 4.98 Å². The van der Waals surface area contributed by atoms with Crippen LogP contribution in [0.4, 0.5) is 0 Å². The number of aromatic nitrogens is 2. The van der Waals surface area contributed by atoms with Crippen molar-refractivity contribution in [2.75, 3.05) is 0 Å². The summed E-state index contributed by atoms with van der Waals surface area (Å²) in [6, 6.07) is 21.2. The standard InChI is InChI=1S/C19H14N2O2S/c22-21-11-10-15(23-13-14-6-2-1-3-7-14)12-17(21)19-20-16-8-4-5-9-18(16)24-19/h1-12H,13H2. The lowest BCUT2D eigenvalue weighted by Gasteiger charge is -2.07. The Labute approximate surface area is 143 Å². The zero-order valence-electron chi connectivity index (χ0n) is 12.8. The highest BCUT2D eigenvalue weighted by atomic mass is 32.1. The second kappa shape index (κ2) is 6.29. The number of pyridine rings is 1. The molecule has 118 valence electrons. The van der Waals surface area contributed by atoms with Crippen molar-refractivity contribution in [3.63, 3.8) is 0 Å². The van der Waals surface area contributed by atoms with Crippen LogP contribution in [0.25, 0.3) is 20.9 Å². The number of para-hydroxylation sites is 1. The Kier molecular flexibility index (Phi) is 3.84. The van der Waals surface area contributed by atoms with E-state index < -0.39 is 0 Å². The molecule has 0 N–H and O–H groups in total. The fourth-order valence-corrected chi connectivity index (χ4v) is 3.41. The van der Waals surface area contributed by atoms with E-state index in [9.17, 15) is 5.21 Å². The minimum absolute atomic E-state index is 0.461. The van der Waals surface area contributed by atoms with Gasteiger partial charge in [-0.15, -0.1) is 11.3 Å². The third kappa shape index (κ3) is 2.94. The molecule has 5 heteroatoms. The van der Waals surface area contributed by atoms with E-state index in [-0.39, 0.29) is 0 Å². The molecule has 0 spiro atoms. The lowest BCUT2D eigenvalue weighted by Crippen LogP contribution is -2.28. The number of fused-ring (bicyclic) bond motifs is 1. The van der Waals surface area contributed by atoms with E-state index in [1.807, 2.05) is 54.6 Å². The molecule has 4 aromatic rings. The molecule has 0 fully saturated rings. The molecule has 2 aromatic heterocycles. The Morgan fingerprint density at radius 1 is 1.00 bits per heavy atom. The molecule has 0 unspecified atom stereocenters. The molecular weight excluding hydrogens is 320 g/mol. The smallest absolute Gasteiger partial charge is 0.256 e. The first kappa shape index (κ1) is 14.7. The van der Waals surface area contributed by atoms with E-state index in [1.165, 1.54) is 17.5 Å². The third-order valence-corrected chi connectivity index (χ3v) is 4.71. The average molecular weight is 334 g/mol. The Balaban J connectivity index is 1.63. The molecule has 2 heterocycles. The second-order valence-electron chi connectivity index (χ2n) is 5.33. The van der Waals surface area contributed by atoms with Crippen LogP contribution in [0, 0.1) is 5.21 Å². The molecule has 24 heavy (non-hydrogen) atoms. The Bertz CT molecular complexity index is 950. The van der Waals surface area contributed by atoms with Crippen LogP contribution >= 0.6 is 11.3 Å². The van der Waals surface area contributed by atoms with Crippen LogP contribution < -0.4 is 9.47 Å². The summed E-state index contributed by atoms with van der Waals surface area (Å²) in [6.45, 7) is 0.461. The highest BCUT2D eigenvalue weighted by Crippen LogP contribution is 2.29. The molecule has 0 radical (unpaired) electrons. The zero-order valence-corrected chi connectivity index (χ0v) is 13.6. The van der Waals surface area contributed by atoms with Gasteiger partial charge in [-0.25, -0.2) is 4.98 Å². The number of hydrogen-bond acceptors (Lipinski definition) is 4. The predicted octanol–water partition coefficient (Wildman–Crippen LogP) is 4.18. The molecule has 2 aromatic carbocycles. The van der Waals surface area contributed by atoms with Crippen molar-refractivity contribution < 1.29 is 9.47 Å². The first-order chi connectivity index (χ1) is 11.8. The minimum atomic E-state index is 0.461. The van der Waals surface area contributed by atoms with E-state index in [4.69, 9.17) is 4.74 Å². The largest absolute Gasteiger partial charge is 0.618 e. The number of rotatable bonds is 4. The van der Waals surface area contributed by atoms with Gasteiger partial charge in [-0.05, 0) is 17.7 Å². The van der Waals surface area contributed by atoms with Gasteiger partial charge in [0.2, 0.25) is 0 Å². The average Bonchev–Trinajstić information content (AvgIpc) is 3.06. The van der Waals surface area contributed by atoms with Gasteiger partial charge in [0.15, 0.2) is 11.2 Å². The lowest BCUT2D eigenvalue weighted by molar-refractivity contribution is -0.593. The Morgan fingerprint density at radius 2 is 1.79 bits per heavy atom. The van der Waals surface area contributed by atoms with Crippen LogP contribution in [-0.2, 0) is 6.61 Å². The Morgan fingerprint density at radius 3 is 2.62 bits per heavy atom. The monoisotopic (exact) mass is 334 g/mol. The summed E-state index contributed by atoms with van der Waals surface area (Å²) in [7, 11) is 0. The van der Waals surface area contributed by atoms with Gasteiger partial charge in [-0.3, -0.25) is 0 Å². The molecule has 0 atom stereocenters. The predicted molar refractivity (Wildman–Crippen MR) is 94.8 cm³/mol. The van der Waals surface area contributed by atoms with Crippen LogP contribution in [0.5, 0.6) is 5.75 Å². The molecule has 0 amide bonds. The summed E-state index contributed by atoms with van der Waals surface area (Å²) in [5, 5.41) is 12.8. The van der Waals surface area contributed by atoms with Crippen molar-refractivity contribution in [3.8, 4) is 16.5 Å². The first-order valence-corrected chi connectivity index (χ1v) is 8.37. The molecule has 0 bridgehead atoms. The highest BCUT2D eigenvalue weighted by Gasteiger charge is 2.15. The lowest BCUT2D eigenvalue weighted by atomic mass is 10.2. The number of hydrogen-bond donors (Lipinski definition) is 0. The maximum Gasteiger partial charge on any atom is 0.256 e. The van der Waals surface area contributed by atoms with Crippen LogP contribution in [0.2, 0.25) is 0 Å². The topological polar surface area (TPSA) is 49.1 Å². The molecule has 0 aliphatic rings.